The lowest BCUT2D eigenvalue weighted by atomic mass is 10.3. The molecule has 0 bridgehead atoms. The van der Waals surface area contributed by atoms with E-state index in [2.05, 4.69) is 11.9 Å². The molecule has 0 aliphatic rings. The Morgan fingerprint density at radius 3 is 2.84 bits per heavy atom. The summed E-state index contributed by atoms with van der Waals surface area (Å²) in [6.45, 7) is 4.67. The molecule has 0 aromatic heterocycles. The molecule has 0 spiro atoms. The molecule has 4 nitrogen and oxygen atoms in total. The number of hydrogen-bond acceptors (Lipinski definition) is 3. The summed E-state index contributed by atoms with van der Waals surface area (Å²) in [6.07, 6.45) is 1.68. The first kappa shape index (κ1) is 16.0. The lowest BCUT2D eigenvalue weighted by molar-refractivity contribution is -0.117. The van der Waals surface area contributed by atoms with Gasteiger partial charge in [-0.25, -0.2) is 0 Å². The molecule has 104 valence electrons. The van der Waals surface area contributed by atoms with Crippen LogP contribution in [0.4, 0.5) is 5.69 Å². The number of benzene rings is 1. The SMILES string of the molecule is C=CCN(CCO)CC(=O)Nc1cccc(Cl)c1Cl. The summed E-state index contributed by atoms with van der Waals surface area (Å²) in [5.74, 6) is -0.223. The number of amides is 1. The zero-order valence-corrected chi connectivity index (χ0v) is 11.9. The molecule has 0 saturated carbocycles. The first-order valence-electron chi connectivity index (χ1n) is 5.76. The lowest BCUT2D eigenvalue weighted by Gasteiger charge is -2.19. The van der Waals surface area contributed by atoms with Crippen LogP contribution in [0.15, 0.2) is 30.9 Å². The lowest BCUT2D eigenvalue weighted by Crippen LogP contribution is -2.35. The van der Waals surface area contributed by atoms with E-state index in [-0.39, 0.29) is 19.1 Å². The molecule has 19 heavy (non-hydrogen) atoms. The molecule has 0 aliphatic heterocycles. The first-order chi connectivity index (χ1) is 9.08. The smallest absolute Gasteiger partial charge is 0.238 e. The van der Waals surface area contributed by atoms with E-state index in [0.29, 0.717) is 28.8 Å². The van der Waals surface area contributed by atoms with Crippen LogP contribution in [0.3, 0.4) is 0 Å². The number of carbonyl (C=O) groups excluding carboxylic acids is 1. The van der Waals surface area contributed by atoms with Gasteiger partial charge in [0.05, 0.1) is 28.9 Å². The molecule has 1 aromatic rings. The molecule has 0 atom stereocenters. The maximum Gasteiger partial charge on any atom is 0.238 e. The van der Waals surface area contributed by atoms with Crippen LogP contribution in [0, 0.1) is 0 Å². The minimum atomic E-state index is -0.223. The highest BCUT2D eigenvalue weighted by Crippen LogP contribution is 2.29. The number of nitrogens with one attached hydrogen (secondary N) is 1. The minimum absolute atomic E-state index is 0.0148. The molecule has 1 rings (SSSR count). The fourth-order valence-corrected chi connectivity index (χ4v) is 1.90. The van der Waals surface area contributed by atoms with Crippen LogP contribution < -0.4 is 5.32 Å². The molecule has 6 heteroatoms. The molecule has 0 fully saturated rings. The molecule has 1 aromatic carbocycles. The second-order valence-corrected chi connectivity index (χ2v) is 4.68. The Hall–Kier alpha value is -1.07. The fraction of sp³-hybridized carbons (Fsp3) is 0.308. The van der Waals surface area contributed by atoms with E-state index in [0.717, 1.165) is 0 Å². The second-order valence-electron chi connectivity index (χ2n) is 3.90. The van der Waals surface area contributed by atoms with E-state index >= 15 is 0 Å². The number of anilines is 1. The third-order valence-electron chi connectivity index (χ3n) is 2.40. The molecule has 2 N–H and O–H groups in total. The molecule has 0 radical (unpaired) electrons. The van der Waals surface area contributed by atoms with E-state index in [1.165, 1.54) is 0 Å². The van der Waals surface area contributed by atoms with Gasteiger partial charge in [-0.2, -0.15) is 0 Å². The zero-order valence-electron chi connectivity index (χ0n) is 10.4. The van der Waals surface area contributed by atoms with E-state index in [1.807, 2.05) is 0 Å². The van der Waals surface area contributed by atoms with Crippen molar-refractivity contribution >= 4 is 34.8 Å². The van der Waals surface area contributed by atoms with Crippen molar-refractivity contribution in [3.63, 3.8) is 0 Å². The van der Waals surface area contributed by atoms with Crippen molar-refractivity contribution in [3.05, 3.63) is 40.9 Å². The van der Waals surface area contributed by atoms with Gasteiger partial charge in [-0.3, -0.25) is 9.69 Å². The van der Waals surface area contributed by atoms with E-state index in [9.17, 15) is 4.79 Å². The Labute approximate surface area is 122 Å². The van der Waals surface area contributed by atoms with Crippen molar-refractivity contribution < 1.29 is 9.90 Å². The highest BCUT2D eigenvalue weighted by Gasteiger charge is 2.11. The van der Waals surface area contributed by atoms with E-state index < -0.39 is 0 Å². The molecule has 0 aliphatic carbocycles. The van der Waals surface area contributed by atoms with Crippen molar-refractivity contribution in [1.82, 2.24) is 4.90 Å². The van der Waals surface area contributed by atoms with Crippen LogP contribution in [0.5, 0.6) is 0 Å². The number of hydrogen-bond donors (Lipinski definition) is 2. The van der Waals surface area contributed by atoms with E-state index in [4.69, 9.17) is 28.3 Å². The third-order valence-corrected chi connectivity index (χ3v) is 3.22. The Bertz CT molecular complexity index is 452. The summed E-state index contributed by atoms with van der Waals surface area (Å²) in [5.41, 5.74) is 0.474. The Balaban J connectivity index is 2.63. The van der Waals surface area contributed by atoms with Gasteiger partial charge in [0.1, 0.15) is 0 Å². The second kappa shape index (κ2) is 8.17. The topological polar surface area (TPSA) is 52.6 Å². The average Bonchev–Trinajstić information content (AvgIpc) is 2.35. The molecular weight excluding hydrogens is 287 g/mol. The standard InChI is InChI=1S/C13H16Cl2N2O2/c1-2-6-17(7-8-18)9-12(19)16-11-5-3-4-10(14)13(11)15/h2-5,18H,1,6-9H2,(H,16,19). The Kier molecular flexibility index (Phi) is 6.87. The molecule has 0 heterocycles. The summed E-state index contributed by atoms with van der Waals surface area (Å²) < 4.78 is 0. The number of nitrogens with zero attached hydrogens (tertiary/aromatic N) is 1. The van der Waals surface area contributed by atoms with Crippen molar-refractivity contribution in [1.29, 1.82) is 0 Å². The zero-order chi connectivity index (χ0) is 14.3. The van der Waals surface area contributed by atoms with Gasteiger partial charge in [0, 0.05) is 13.1 Å². The highest BCUT2D eigenvalue weighted by atomic mass is 35.5. The summed E-state index contributed by atoms with van der Waals surface area (Å²) in [6, 6.07) is 5.03. The van der Waals surface area contributed by atoms with Crippen molar-refractivity contribution in [2.45, 2.75) is 0 Å². The molecule has 0 unspecified atom stereocenters. The van der Waals surface area contributed by atoms with Gasteiger partial charge in [-0.15, -0.1) is 6.58 Å². The largest absolute Gasteiger partial charge is 0.395 e. The first-order valence-corrected chi connectivity index (χ1v) is 6.52. The van der Waals surface area contributed by atoms with Gasteiger partial charge in [-0.1, -0.05) is 35.3 Å². The van der Waals surface area contributed by atoms with Gasteiger partial charge in [0.2, 0.25) is 5.91 Å². The van der Waals surface area contributed by atoms with Crippen LogP contribution in [0.1, 0.15) is 0 Å². The predicted molar refractivity (Wildman–Crippen MR) is 78.8 cm³/mol. The number of aliphatic hydroxyl groups excluding tert-OH is 1. The van der Waals surface area contributed by atoms with Crippen LogP contribution >= 0.6 is 23.2 Å². The average molecular weight is 303 g/mol. The van der Waals surface area contributed by atoms with Crippen molar-refractivity contribution in [2.24, 2.45) is 0 Å². The normalized spacial score (nSPS) is 10.5. The minimum Gasteiger partial charge on any atom is -0.395 e. The van der Waals surface area contributed by atoms with Gasteiger partial charge in [-0.05, 0) is 12.1 Å². The van der Waals surface area contributed by atoms with Crippen molar-refractivity contribution in [2.75, 3.05) is 31.6 Å². The maximum absolute atomic E-state index is 11.9. The van der Waals surface area contributed by atoms with Gasteiger partial charge < -0.3 is 10.4 Å². The van der Waals surface area contributed by atoms with Crippen LogP contribution in [0.2, 0.25) is 10.0 Å². The molecule has 0 saturated heterocycles. The van der Waals surface area contributed by atoms with E-state index in [1.54, 1.807) is 29.2 Å². The fourth-order valence-electron chi connectivity index (χ4n) is 1.55. The maximum atomic E-state index is 11.9. The summed E-state index contributed by atoms with van der Waals surface area (Å²) in [7, 11) is 0. The van der Waals surface area contributed by atoms with Gasteiger partial charge in [0.15, 0.2) is 0 Å². The van der Waals surface area contributed by atoms with Crippen molar-refractivity contribution in [3.8, 4) is 0 Å². The summed E-state index contributed by atoms with van der Waals surface area (Å²) in [4.78, 5) is 13.6. The van der Waals surface area contributed by atoms with Gasteiger partial charge >= 0.3 is 0 Å². The Morgan fingerprint density at radius 2 is 2.21 bits per heavy atom. The Morgan fingerprint density at radius 1 is 1.47 bits per heavy atom. The summed E-state index contributed by atoms with van der Waals surface area (Å²) in [5, 5.41) is 12.3. The van der Waals surface area contributed by atoms with Gasteiger partial charge in [0.25, 0.3) is 0 Å². The number of rotatable bonds is 7. The van der Waals surface area contributed by atoms with Crippen LogP contribution in [-0.2, 0) is 4.79 Å². The molecular formula is C13H16Cl2N2O2. The molecule has 1 amide bonds. The number of aliphatic hydroxyl groups is 1. The number of halogens is 2. The summed E-state index contributed by atoms with van der Waals surface area (Å²) >= 11 is 11.8. The quantitative estimate of drug-likeness (QED) is 0.761. The number of carbonyl (C=O) groups is 1. The van der Waals surface area contributed by atoms with Crippen LogP contribution in [-0.4, -0.2) is 42.2 Å². The highest BCUT2D eigenvalue weighted by molar-refractivity contribution is 6.43. The third kappa shape index (κ3) is 5.20. The van der Waals surface area contributed by atoms with Crippen LogP contribution in [0.25, 0.3) is 0 Å². The monoisotopic (exact) mass is 302 g/mol. The predicted octanol–water partition coefficient (Wildman–Crippen LogP) is 2.41.